The van der Waals surface area contributed by atoms with Gasteiger partial charge in [0.2, 0.25) is 0 Å². The smallest absolute Gasteiger partial charge is 0.336 e. The fourth-order valence-corrected chi connectivity index (χ4v) is 3.57. The average molecular weight is 392 g/mol. The van der Waals surface area contributed by atoms with Crippen LogP contribution in [-0.2, 0) is 6.54 Å². The van der Waals surface area contributed by atoms with Crippen molar-refractivity contribution in [1.82, 2.24) is 21.0 Å². The second kappa shape index (κ2) is 7.69. The minimum atomic E-state index is -0.878. The van der Waals surface area contributed by atoms with Crippen LogP contribution in [0.15, 0.2) is 69.9 Å². The first-order chi connectivity index (χ1) is 14.0. The molecule has 0 atom stereocenters. The summed E-state index contributed by atoms with van der Waals surface area (Å²) in [5.41, 5.74) is 8.75. The van der Waals surface area contributed by atoms with Crippen molar-refractivity contribution in [3.8, 4) is 11.1 Å². The van der Waals surface area contributed by atoms with Crippen LogP contribution in [0.25, 0.3) is 22.1 Å². The highest BCUT2D eigenvalue weighted by Gasteiger charge is 2.31. The quantitative estimate of drug-likeness (QED) is 0.556. The van der Waals surface area contributed by atoms with Gasteiger partial charge in [-0.3, -0.25) is 9.99 Å². The van der Waals surface area contributed by atoms with E-state index in [4.69, 9.17) is 4.42 Å². The van der Waals surface area contributed by atoms with Crippen LogP contribution in [0.4, 0.5) is 0 Å². The number of fused-ring (bicyclic) bond motifs is 1. The minimum absolute atomic E-state index is 0.396. The molecule has 0 unspecified atom stereocenters. The molecule has 0 spiro atoms. The molecule has 0 fully saturated rings. The SMILES string of the molecule is CCC(O)(CC)C1=CN(Cc2ccc3c(-c4cccnc4)cc(=O)oc3c2)NN1. The molecule has 3 N–H and O–H groups in total. The topological polar surface area (TPSA) is 90.6 Å². The highest BCUT2D eigenvalue weighted by atomic mass is 16.4. The predicted octanol–water partition coefficient (Wildman–Crippen LogP) is 3.07. The first kappa shape index (κ1) is 19.2. The monoisotopic (exact) mass is 392 g/mol. The molecule has 1 aliphatic heterocycles. The van der Waals surface area contributed by atoms with E-state index in [9.17, 15) is 9.90 Å². The maximum atomic E-state index is 12.1. The van der Waals surface area contributed by atoms with Crippen molar-refractivity contribution in [2.45, 2.75) is 38.8 Å². The van der Waals surface area contributed by atoms with Crippen LogP contribution < -0.4 is 16.6 Å². The van der Waals surface area contributed by atoms with Crippen LogP contribution in [0, 0.1) is 0 Å². The predicted molar refractivity (Wildman–Crippen MR) is 111 cm³/mol. The molecule has 0 bridgehead atoms. The summed E-state index contributed by atoms with van der Waals surface area (Å²) in [4.78, 5) is 16.2. The zero-order valence-corrected chi connectivity index (χ0v) is 16.5. The second-order valence-electron chi connectivity index (χ2n) is 7.20. The molecule has 0 amide bonds. The number of pyridine rings is 1. The summed E-state index contributed by atoms with van der Waals surface area (Å²) < 4.78 is 5.45. The van der Waals surface area contributed by atoms with Crippen molar-refractivity contribution >= 4 is 11.0 Å². The first-order valence-corrected chi connectivity index (χ1v) is 9.72. The Hall–Kier alpha value is -3.16. The molecule has 7 nitrogen and oxygen atoms in total. The van der Waals surface area contributed by atoms with E-state index in [2.05, 4.69) is 15.9 Å². The minimum Gasteiger partial charge on any atom is -0.423 e. The number of hydrazine groups is 2. The van der Waals surface area contributed by atoms with Gasteiger partial charge < -0.3 is 14.9 Å². The Kier molecular flexibility index (Phi) is 5.08. The van der Waals surface area contributed by atoms with Crippen molar-refractivity contribution < 1.29 is 9.52 Å². The third-order valence-electron chi connectivity index (χ3n) is 5.42. The van der Waals surface area contributed by atoms with Gasteiger partial charge in [-0.05, 0) is 30.5 Å². The van der Waals surface area contributed by atoms with Crippen LogP contribution in [0.3, 0.4) is 0 Å². The van der Waals surface area contributed by atoms with Gasteiger partial charge in [-0.1, -0.05) is 32.0 Å². The van der Waals surface area contributed by atoms with Crippen LogP contribution in [0.2, 0.25) is 0 Å². The lowest BCUT2D eigenvalue weighted by molar-refractivity contribution is 0.0625. The summed E-state index contributed by atoms with van der Waals surface area (Å²) in [6.07, 6.45) is 6.55. The molecule has 3 aromatic rings. The van der Waals surface area contributed by atoms with E-state index in [-0.39, 0.29) is 0 Å². The van der Waals surface area contributed by atoms with Crippen molar-refractivity contribution in [3.05, 3.63) is 76.7 Å². The molecule has 1 aromatic carbocycles. The Bertz CT molecular complexity index is 1100. The Labute approximate surface area is 168 Å². The largest absolute Gasteiger partial charge is 0.423 e. The average Bonchev–Trinajstić information content (AvgIpc) is 3.22. The molecule has 1 aliphatic rings. The molecular formula is C22H24N4O3. The lowest BCUT2D eigenvalue weighted by Crippen LogP contribution is -2.41. The fraction of sp³-hybridized carbons (Fsp3) is 0.273. The van der Waals surface area contributed by atoms with Crippen molar-refractivity contribution in [3.63, 3.8) is 0 Å². The number of rotatable bonds is 6. The van der Waals surface area contributed by atoms with Gasteiger partial charge in [-0.25, -0.2) is 4.79 Å². The number of nitrogens with one attached hydrogen (secondary N) is 2. The maximum absolute atomic E-state index is 12.1. The van der Waals surface area contributed by atoms with Crippen LogP contribution in [0.5, 0.6) is 0 Å². The molecule has 3 heterocycles. The van der Waals surface area contributed by atoms with E-state index in [0.29, 0.717) is 25.0 Å². The first-order valence-electron chi connectivity index (χ1n) is 9.72. The number of benzene rings is 1. The van der Waals surface area contributed by atoms with E-state index in [1.54, 1.807) is 12.4 Å². The van der Waals surface area contributed by atoms with Gasteiger partial charge in [0.05, 0.1) is 12.2 Å². The molecule has 150 valence electrons. The molecule has 4 rings (SSSR count). The molecule has 29 heavy (non-hydrogen) atoms. The van der Waals surface area contributed by atoms with E-state index in [1.807, 2.05) is 55.4 Å². The molecule has 7 heteroatoms. The van der Waals surface area contributed by atoms with E-state index < -0.39 is 11.2 Å². The number of nitrogens with zero attached hydrogens (tertiary/aromatic N) is 2. The summed E-state index contributed by atoms with van der Waals surface area (Å²) in [5, 5.41) is 13.4. The second-order valence-corrected chi connectivity index (χ2v) is 7.20. The lowest BCUT2D eigenvalue weighted by Gasteiger charge is -2.25. The number of aromatic nitrogens is 1. The Morgan fingerprint density at radius 1 is 1.21 bits per heavy atom. The van der Waals surface area contributed by atoms with Gasteiger partial charge in [0.15, 0.2) is 0 Å². The fourth-order valence-electron chi connectivity index (χ4n) is 3.57. The van der Waals surface area contributed by atoms with Gasteiger partial charge in [0.25, 0.3) is 0 Å². The zero-order valence-electron chi connectivity index (χ0n) is 16.5. The maximum Gasteiger partial charge on any atom is 0.336 e. The standard InChI is InChI=1S/C22H24N4O3/c1-3-22(28,4-2)20-14-26(25-24-20)13-15-7-8-17-18(16-6-5-9-23-12-16)11-21(27)29-19(17)10-15/h5-12,14,24-25,28H,3-4,13H2,1-2H3. The normalized spacial score (nSPS) is 14.2. The van der Waals surface area contributed by atoms with E-state index in [0.717, 1.165) is 27.8 Å². The number of hydrogen-bond acceptors (Lipinski definition) is 7. The summed E-state index contributed by atoms with van der Waals surface area (Å²) in [6.45, 7) is 4.45. The highest BCUT2D eigenvalue weighted by Crippen LogP contribution is 2.28. The van der Waals surface area contributed by atoms with Crippen LogP contribution >= 0.6 is 0 Å². The Morgan fingerprint density at radius 2 is 2.03 bits per heavy atom. The number of aliphatic hydroxyl groups is 1. The van der Waals surface area contributed by atoms with Gasteiger partial charge in [0.1, 0.15) is 11.2 Å². The van der Waals surface area contributed by atoms with E-state index in [1.165, 1.54) is 6.07 Å². The van der Waals surface area contributed by atoms with Gasteiger partial charge in [0, 0.05) is 41.2 Å². The van der Waals surface area contributed by atoms with E-state index >= 15 is 0 Å². The van der Waals surface area contributed by atoms with Gasteiger partial charge in [-0.2, -0.15) is 0 Å². The molecule has 0 aliphatic carbocycles. The molecule has 0 radical (unpaired) electrons. The lowest BCUT2D eigenvalue weighted by atomic mass is 9.94. The Balaban J connectivity index is 1.64. The molecule has 2 aromatic heterocycles. The summed E-state index contributed by atoms with van der Waals surface area (Å²) in [6, 6.07) is 11.1. The molecule has 0 saturated carbocycles. The van der Waals surface area contributed by atoms with Crippen molar-refractivity contribution in [1.29, 1.82) is 0 Å². The van der Waals surface area contributed by atoms with Crippen molar-refractivity contribution in [2.75, 3.05) is 0 Å². The zero-order chi connectivity index (χ0) is 20.4. The Morgan fingerprint density at radius 3 is 2.76 bits per heavy atom. The molecular weight excluding hydrogens is 368 g/mol. The summed E-state index contributed by atoms with van der Waals surface area (Å²) in [7, 11) is 0. The van der Waals surface area contributed by atoms with Crippen molar-refractivity contribution in [2.24, 2.45) is 0 Å². The van der Waals surface area contributed by atoms with Crippen LogP contribution in [0.1, 0.15) is 32.3 Å². The third kappa shape index (κ3) is 3.74. The third-order valence-corrected chi connectivity index (χ3v) is 5.42. The van der Waals surface area contributed by atoms with Crippen LogP contribution in [-0.4, -0.2) is 20.7 Å². The van der Waals surface area contributed by atoms with Gasteiger partial charge >= 0.3 is 5.63 Å². The number of hydrogen-bond donors (Lipinski definition) is 3. The summed E-state index contributed by atoms with van der Waals surface area (Å²) in [5.74, 6) is 0. The van der Waals surface area contributed by atoms with Gasteiger partial charge in [-0.15, -0.1) is 5.53 Å². The highest BCUT2D eigenvalue weighted by molar-refractivity contribution is 5.93. The molecule has 0 saturated heterocycles. The summed E-state index contributed by atoms with van der Waals surface area (Å²) >= 11 is 0.